The van der Waals surface area contributed by atoms with E-state index in [1.54, 1.807) is 0 Å². The zero-order valence-electron chi connectivity index (χ0n) is 13.0. The first-order valence-corrected chi connectivity index (χ1v) is 10.6. The zero-order chi connectivity index (χ0) is 15.5. The molecule has 0 saturated heterocycles. The van der Waals surface area contributed by atoms with Crippen molar-refractivity contribution in [2.45, 2.75) is 33.0 Å². The molecule has 2 rings (SSSR count). The van der Waals surface area contributed by atoms with Crippen molar-refractivity contribution in [1.82, 2.24) is 4.98 Å². The molecule has 3 nitrogen and oxygen atoms in total. The van der Waals surface area contributed by atoms with Crippen LogP contribution in [-0.4, -0.2) is 24.8 Å². The second kappa shape index (κ2) is 6.29. The molecule has 0 fully saturated rings. The average Bonchev–Trinajstić information content (AvgIpc) is 2.78. The molecule has 0 unspecified atom stereocenters. The first kappa shape index (κ1) is 15.6. The van der Waals surface area contributed by atoms with Gasteiger partial charge in [-0.05, 0) is 25.1 Å². The van der Waals surface area contributed by atoms with E-state index in [0.29, 0.717) is 12.3 Å². The lowest BCUT2D eigenvalue weighted by atomic mass is 10.1. The van der Waals surface area contributed by atoms with Gasteiger partial charge in [0.1, 0.15) is 13.8 Å². The van der Waals surface area contributed by atoms with Crippen LogP contribution in [0.3, 0.4) is 0 Å². The molecule has 1 aromatic heterocycles. The van der Waals surface area contributed by atoms with Crippen molar-refractivity contribution in [2.75, 3.05) is 6.61 Å². The van der Waals surface area contributed by atoms with E-state index in [0.717, 1.165) is 22.6 Å². The smallest absolute Gasteiger partial charge is 0.226 e. The van der Waals surface area contributed by atoms with Crippen molar-refractivity contribution in [3.8, 4) is 22.9 Å². The van der Waals surface area contributed by atoms with Gasteiger partial charge in [-0.3, -0.25) is 0 Å². The minimum atomic E-state index is -1.38. The summed E-state index contributed by atoms with van der Waals surface area (Å²) < 4.78 is 5.69. The van der Waals surface area contributed by atoms with Gasteiger partial charge in [-0.15, -0.1) is 5.54 Å². The number of aromatic nitrogens is 1. The summed E-state index contributed by atoms with van der Waals surface area (Å²) in [4.78, 5) is 4.45. The number of aryl methyl sites for hydroxylation is 1. The first-order valence-electron chi connectivity index (χ1n) is 7.10. The Kier molecular flexibility index (Phi) is 4.66. The first-order chi connectivity index (χ1) is 9.89. The second-order valence-corrected chi connectivity index (χ2v) is 10.8. The summed E-state index contributed by atoms with van der Waals surface area (Å²) in [5.74, 6) is 4.60. The lowest BCUT2D eigenvalue weighted by Gasteiger charge is -2.03. The van der Waals surface area contributed by atoms with Gasteiger partial charge in [0.15, 0.2) is 0 Å². The molecule has 1 heterocycles. The van der Waals surface area contributed by atoms with Gasteiger partial charge in [0.2, 0.25) is 5.89 Å². The zero-order valence-corrected chi connectivity index (χ0v) is 14.0. The summed E-state index contributed by atoms with van der Waals surface area (Å²) in [6.07, 6.45) is 0.518. The minimum Gasteiger partial charge on any atom is -0.441 e. The molecule has 0 aliphatic rings. The average molecular weight is 299 g/mol. The van der Waals surface area contributed by atoms with Crippen LogP contribution < -0.4 is 0 Å². The van der Waals surface area contributed by atoms with Crippen molar-refractivity contribution in [2.24, 2.45) is 0 Å². The maximum Gasteiger partial charge on any atom is 0.226 e. The molecule has 4 heteroatoms. The number of benzene rings is 1. The summed E-state index contributed by atoms with van der Waals surface area (Å²) in [7, 11) is -1.38. The number of hydrogen-bond donors (Lipinski definition) is 1. The molecule has 1 N–H and O–H groups in total. The number of aliphatic hydroxyl groups excluding tert-OH is 1. The van der Waals surface area contributed by atoms with Crippen molar-refractivity contribution < 1.29 is 9.52 Å². The molecule has 0 spiro atoms. The fourth-order valence-electron chi connectivity index (χ4n) is 1.88. The van der Waals surface area contributed by atoms with Crippen LogP contribution >= 0.6 is 0 Å². The molecule has 21 heavy (non-hydrogen) atoms. The Morgan fingerprint density at radius 1 is 1.29 bits per heavy atom. The van der Waals surface area contributed by atoms with Crippen LogP contribution in [0.2, 0.25) is 19.6 Å². The molecule has 2 aromatic rings. The van der Waals surface area contributed by atoms with Gasteiger partial charge in [0, 0.05) is 24.2 Å². The number of oxazole rings is 1. The monoisotopic (exact) mass is 299 g/mol. The van der Waals surface area contributed by atoms with Gasteiger partial charge in [0.25, 0.3) is 0 Å². The Hall–Kier alpha value is -1.83. The normalized spacial score (nSPS) is 11.1. The Labute approximate surface area is 127 Å². The van der Waals surface area contributed by atoms with Gasteiger partial charge in [-0.2, -0.15) is 0 Å². The third-order valence-electron chi connectivity index (χ3n) is 2.93. The molecule has 0 aliphatic heterocycles. The van der Waals surface area contributed by atoms with E-state index < -0.39 is 8.07 Å². The lowest BCUT2D eigenvalue weighted by Crippen LogP contribution is -2.16. The molecule has 0 aliphatic carbocycles. The third-order valence-corrected chi connectivity index (χ3v) is 3.81. The van der Waals surface area contributed by atoms with Crippen LogP contribution in [0.5, 0.6) is 0 Å². The quantitative estimate of drug-likeness (QED) is 0.698. The number of aliphatic hydroxyl groups is 1. The highest BCUT2D eigenvalue weighted by molar-refractivity contribution is 6.83. The van der Waals surface area contributed by atoms with Gasteiger partial charge >= 0.3 is 0 Å². The van der Waals surface area contributed by atoms with Crippen LogP contribution in [0, 0.1) is 18.4 Å². The van der Waals surface area contributed by atoms with Crippen molar-refractivity contribution in [3.05, 3.63) is 41.3 Å². The Morgan fingerprint density at radius 2 is 2.05 bits per heavy atom. The van der Waals surface area contributed by atoms with Crippen LogP contribution in [0.4, 0.5) is 0 Å². The highest BCUT2D eigenvalue weighted by atomic mass is 28.3. The topological polar surface area (TPSA) is 46.3 Å². The predicted molar refractivity (Wildman–Crippen MR) is 87.7 cm³/mol. The van der Waals surface area contributed by atoms with Crippen LogP contribution in [0.15, 0.2) is 28.7 Å². The fraction of sp³-hybridized carbons (Fsp3) is 0.353. The van der Waals surface area contributed by atoms with Gasteiger partial charge in [-0.25, -0.2) is 4.98 Å². The van der Waals surface area contributed by atoms with Gasteiger partial charge in [-0.1, -0.05) is 31.6 Å². The molecular weight excluding hydrogens is 278 g/mol. The molecule has 1 aromatic carbocycles. The van der Waals surface area contributed by atoms with Gasteiger partial charge < -0.3 is 9.52 Å². The van der Waals surface area contributed by atoms with Crippen molar-refractivity contribution >= 4 is 8.07 Å². The van der Waals surface area contributed by atoms with Crippen molar-refractivity contribution in [1.29, 1.82) is 0 Å². The third kappa shape index (κ3) is 4.32. The maximum absolute atomic E-state index is 9.02. The summed E-state index contributed by atoms with van der Waals surface area (Å²) in [5.41, 5.74) is 6.07. The van der Waals surface area contributed by atoms with E-state index in [2.05, 4.69) is 36.1 Å². The number of rotatable bonds is 3. The lowest BCUT2D eigenvalue weighted by molar-refractivity contribution is 0.297. The highest BCUT2D eigenvalue weighted by Gasteiger charge is 2.11. The SMILES string of the molecule is Cc1oc(-c2cccc(C#C[Si](C)(C)C)c2)nc1CCO. The molecular formula is C17H21NO2Si. The van der Waals surface area contributed by atoms with Gasteiger partial charge in [0.05, 0.1) is 5.69 Å². The molecule has 0 radical (unpaired) electrons. The standard InChI is InChI=1S/C17H21NO2Si/c1-13-16(8-10-19)18-17(20-13)15-7-5-6-14(12-15)9-11-21(2,3)4/h5-7,12,19H,8,10H2,1-4H3. The van der Waals surface area contributed by atoms with E-state index in [9.17, 15) is 0 Å². The number of hydrogen-bond acceptors (Lipinski definition) is 3. The van der Waals surface area contributed by atoms with Crippen LogP contribution in [0.25, 0.3) is 11.5 Å². The summed E-state index contributed by atoms with van der Waals surface area (Å²) in [6, 6.07) is 7.94. The molecule has 110 valence electrons. The van der Waals surface area contributed by atoms with E-state index in [1.165, 1.54) is 0 Å². The highest BCUT2D eigenvalue weighted by Crippen LogP contribution is 2.22. The summed E-state index contributed by atoms with van der Waals surface area (Å²) >= 11 is 0. The molecule has 0 saturated carbocycles. The van der Waals surface area contributed by atoms with E-state index in [4.69, 9.17) is 9.52 Å². The number of nitrogens with zero attached hydrogens (tertiary/aromatic N) is 1. The Morgan fingerprint density at radius 3 is 2.71 bits per heavy atom. The van der Waals surface area contributed by atoms with Crippen molar-refractivity contribution in [3.63, 3.8) is 0 Å². The van der Waals surface area contributed by atoms with E-state index in [1.807, 2.05) is 31.2 Å². The van der Waals surface area contributed by atoms with Crippen LogP contribution in [-0.2, 0) is 6.42 Å². The molecule has 0 amide bonds. The predicted octanol–water partition coefficient (Wildman–Crippen LogP) is 3.41. The molecule has 0 atom stereocenters. The van der Waals surface area contributed by atoms with E-state index >= 15 is 0 Å². The Bertz CT molecular complexity index is 687. The maximum atomic E-state index is 9.02. The minimum absolute atomic E-state index is 0.0779. The summed E-state index contributed by atoms with van der Waals surface area (Å²) in [5, 5.41) is 9.02. The Balaban J connectivity index is 2.32. The summed E-state index contributed by atoms with van der Waals surface area (Å²) in [6.45, 7) is 8.62. The van der Waals surface area contributed by atoms with E-state index in [-0.39, 0.29) is 6.61 Å². The molecule has 0 bridgehead atoms. The second-order valence-electron chi connectivity index (χ2n) is 6.08. The largest absolute Gasteiger partial charge is 0.441 e. The van der Waals surface area contributed by atoms with Crippen LogP contribution in [0.1, 0.15) is 17.0 Å². The fourth-order valence-corrected chi connectivity index (χ4v) is 2.40.